The van der Waals surface area contributed by atoms with Crippen molar-refractivity contribution in [1.29, 1.82) is 0 Å². The minimum atomic E-state index is -0.130. The number of nitrogens with two attached hydrogens (primary N) is 1. The molecule has 0 unspecified atom stereocenters. The molecule has 0 atom stereocenters. The Balaban J connectivity index is 2.20. The number of rotatable bonds is 3. The Morgan fingerprint density at radius 2 is 1.96 bits per heavy atom. The first kappa shape index (κ1) is 15.9. The summed E-state index contributed by atoms with van der Waals surface area (Å²) in [5.74, 6) is 0.381. The molecule has 0 radical (unpaired) electrons. The molecule has 0 saturated carbocycles. The molecule has 0 fully saturated rings. The molecule has 3 rings (SSSR count). The van der Waals surface area contributed by atoms with Crippen LogP contribution in [0.2, 0.25) is 0 Å². The minimum absolute atomic E-state index is 0.128. The molecule has 5 nitrogen and oxygen atoms in total. The third-order valence-electron chi connectivity index (χ3n) is 4.12. The van der Waals surface area contributed by atoms with Gasteiger partial charge in [0.2, 0.25) is 0 Å². The number of allylic oxidation sites excluding steroid dienone is 1. The van der Waals surface area contributed by atoms with Crippen molar-refractivity contribution >= 4 is 22.7 Å². The largest absolute Gasteiger partial charge is 0.488 e. The van der Waals surface area contributed by atoms with Gasteiger partial charge < -0.3 is 10.5 Å². The predicted octanol–water partition coefficient (Wildman–Crippen LogP) is 4.35. The standard InChI is InChI=1S/C19H18N2O3/c1-11(2)16-10-24-17-9-14(21-23)6-7-15(17)19(22)18(16)12-4-3-5-13(20)8-12/h3-9,11H,10,20H2,1-2H3. The van der Waals surface area contributed by atoms with Gasteiger partial charge in [-0.3, -0.25) is 4.79 Å². The Bertz CT molecular complexity index is 853. The molecule has 0 aliphatic carbocycles. The summed E-state index contributed by atoms with van der Waals surface area (Å²) in [5, 5.41) is 2.91. The van der Waals surface area contributed by atoms with Gasteiger partial charge in [0.05, 0.1) is 5.56 Å². The van der Waals surface area contributed by atoms with Gasteiger partial charge >= 0.3 is 0 Å². The van der Waals surface area contributed by atoms with Crippen LogP contribution in [0.3, 0.4) is 0 Å². The number of carbonyl (C=O) groups excluding carboxylic acids is 1. The average molecular weight is 322 g/mol. The van der Waals surface area contributed by atoms with E-state index in [0.717, 1.165) is 11.1 Å². The van der Waals surface area contributed by atoms with E-state index >= 15 is 0 Å². The highest BCUT2D eigenvalue weighted by Gasteiger charge is 2.27. The highest BCUT2D eigenvalue weighted by molar-refractivity contribution is 6.31. The van der Waals surface area contributed by atoms with Crippen molar-refractivity contribution in [3.05, 3.63) is 64.1 Å². The van der Waals surface area contributed by atoms with Crippen LogP contribution in [0.5, 0.6) is 5.75 Å². The summed E-state index contributed by atoms with van der Waals surface area (Å²) in [6.45, 7) is 4.32. The lowest BCUT2D eigenvalue weighted by Crippen LogP contribution is -2.10. The van der Waals surface area contributed by atoms with Gasteiger partial charge in [0.1, 0.15) is 18.0 Å². The number of hydrogen-bond donors (Lipinski definition) is 1. The lowest BCUT2D eigenvalue weighted by molar-refractivity contribution is 0.105. The summed E-state index contributed by atoms with van der Waals surface area (Å²) in [7, 11) is 0. The molecule has 24 heavy (non-hydrogen) atoms. The Labute approximate surface area is 140 Å². The maximum Gasteiger partial charge on any atom is 0.197 e. The van der Waals surface area contributed by atoms with E-state index in [1.54, 1.807) is 18.2 Å². The van der Waals surface area contributed by atoms with Gasteiger partial charge in [-0.2, -0.15) is 0 Å². The smallest absolute Gasteiger partial charge is 0.197 e. The normalized spacial score (nSPS) is 14.2. The zero-order valence-corrected chi connectivity index (χ0v) is 13.6. The van der Waals surface area contributed by atoms with Crippen LogP contribution in [-0.4, -0.2) is 12.4 Å². The van der Waals surface area contributed by atoms with E-state index in [2.05, 4.69) is 5.18 Å². The Morgan fingerprint density at radius 1 is 1.17 bits per heavy atom. The molecular formula is C19H18N2O3. The van der Waals surface area contributed by atoms with Crippen LogP contribution in [0, 0.1) is 10.8 Å². The molecular weight excluding hydrogens is 304 g/mol. The monoisotopic (exact) mass is 322 g/mol. The molecule has 0 bridgehead atoms. The van der Waals surface area contributed by atoms with Crippen LogP contribution >= 0.6 is 0 Å². The van der Waals surface area contributed by atoms with E-state index in [-0.39, 0.29) is 24.0 Å². The van der Waals surface area contributed by atoms with E-state index in [9.17, 15) is 9.70 Å². The Kier molecular flexibility index (Phi) is 4.16. The van der Waals surface area contributed by atoms with Gasteiger partial charge in [-0.05, 0) is 46.5 Å². The Hall–Kier alpha value is -2.95. The zero-order valence-electron chi connectivity index (χ0n) is 13.6. The van der Waals surface area contributed by atoms with Gasteiger partial charge in [0.15, 0.2) is 5.78 Å². The molecule has 0 saturated heterocycles. The quantitative estimate of drug-likeness (QED) is 0.672. The fraction of sp³-hybridized carbons (Fsp3) is 0.211. The molecule has 122 valence electrons. The predicted molar refractivity (Wildman–Crippen MR) is 94.3 cm³/mol. The fourth-order valence-electron chi connectivity index (χ4n) is 2.85. The maximum atomic E-state index is 13.2. The first-order chi connectivity index (χ1) is 11.5. The fourth-order valence-corrected chi connectivity index (χ4v) is 2.85. The summed E-state index contributed by atoms with van der Waals surface area (Å²) in [5.41, 5.74) is 9.45. The van der Waals surface area contributed by atoms with Crippen molar-refractivity contribution in [2.75, 3.05) is 12.3 Å². The van der Waals surface area contributed by atoms with Gasteiger partial charge in [-0.15, -0.1) is 4.91 Å². The summed E-state index contributed by atoms with van der Waals surface area (Å²) in [4.78, 5) is 23.9. The topological polar surface area (TPSA) is 81.8 Å². The van der Waals surface area contributed by atoms with Crippen molar-refractivity contribution in [3.8, 4) is 5.75 Å². The van der Waals surface area contributed by atoms with Crippen molar-refractivity contribution in [1.82, 2.24) is 0 Å². The summed E-state index contributed by atoms with van der Waals surface area (Å²) >= 11 is 0. The maximum absolute atomic E-state index is 13.2. The van der Waals surface area contributed by atoms with Gasteiger partial charge in [-0.25, -0.2) is 0 Å². The summed E-state index contributed by atoms with van der Waals surface area (Å²) in [6, 6.07) is 11.9. The average Bonchev–Trinajstić information content (AvgIpc) is 2.71. The van der Waals surface area contributed by atoms with E-state index in [1.165, 1.54) is 12.1 Å². The number of nitrogen functional groups attached to an aromatic ring is 1. The molecule has 2 N–H and O–H groups in total. The number of fused-ring (bicyclic) bond motifs is 1. The van der Waals surface area contributed by atoms with E-state index in [4.69, 9.17) is 10.5 Å². The van der Waals surface area contributed by atoms with Crippen molar-refractivity contribution in [2.24, 2.45) is 11.1 Å². The van der Waals surface area contributed by atoms with Crippen molar-refractivity contribution in [3.63, 3.8) is 0 Å². The second kappa shape index (κ2) is 6.28. The number of ether oxygens (including phenoxy) is 1. The highest BCUT2D eigenvalue weighted by atomic mass is 16.5. The number of hydrogen-bond acceptors (Lipinski definition) is 5. The first-order valence-electron chi connectivity index (χ1n) is 7.75. The second-order valence-electron chi connectivity index (χ2n) is 6.07. The molecule has 0 amide bonds. The number of nitrogens with zero attached hydrogens (tertiary/aromatic N) is 1. The highest BCUT2D eigenvalue weighted by Crippen LogP contribution is 2.36. The molecule has 2 aromatic rings. The SMILES string of the molecule is CC(C)C1=C(c2cccc(N)c2)C(=O)c2ccc(N=O)cc2OC1. The van der Waals surface area contributed by atoms with Crippen LogP contribution in [0.1, 0.15) is 29.8 Å². The molecule has 1 aliphatic heterocycles. The number of carbonyl (C=O) groups is 1. The van der Waals surface area contributed by atoms with E-state index < -0.39 is 0 Å². The van der Waals surface area contributed by atoms with Gasteiger partial charge in [0, 0.05) is 17.3 Å². The molecule has 0 aromatic heterocycles. The van der Waals surface area contributed by atoms with Crippen LogP contribution in [-0.2, 0) is 0 Å². The zero-order chi connectivity index (χ0) is 17.3. The van der Waals surface area contributed by atoms with Crippen molar-refractivity contribution < 1.29 is 9.53 Å². The van der Waals surface area contributed by atoms with Crippen LogP contribution < -0.4 is 10.5 Å². The lowest BCUT2D eigenvalue weighted by Gasteiger charge is -2.15. The number of Topliss-reactive ketones (excluding diaryl/α,β-unsaturated/α-hetero) is 1. The van der Waals surface area contributed by atoms with Crippen LogP contribution in [0.25, 0.3) is 5.57 Å². The third-order valence-corrected chi connectivity index (χ3v) is 4.12. The number of ketones is 1. The third kappa shape index (κ3) is 2.80. The number of nitroso groups, excluding NO2 is 1. The van der Waals surface area contributed by atoms with Gasteiger partial charge in [0.25, 0.3) is 0 Å². The number of anilines is 1. The van der Waals surface area contributed by atoms with Crippen LogP contribution in [0.4, 0.5) is 11.4 Å². The van der Waals surface area contributed by atoms with Crippen molar-refractivity contribution in [2.45, 2.75) is 13.8 Å². The van der Waals surface area contributed by atoms with E-state index in [1.807, 2.05) is 26.0 Å². The molecule has 0 spiro atoms. The number of benzene rings is 2. The molecule has 5 heteroatoms. The molecule has 1 aliphatic rings. The summed E-state index contributed by atoms with van der Waals surface area (Å²) < 4.78 is 5.81. The Morgan fingerprint density at radius 3 is 2.62 bits per heavy atom. The first-order valence-corrected chi connectivity index (χ1v) is 7.75. The van der Waals surface area contributed by atoms with Crippen LogP contribution in [0.15, 0.2) is 53.2 Å². The van der Waals surface area contributed by atoms with E-state index in [0.29, 0.717) is 22.6 Å². The summed E-state index contributed by atoms with van der Waals surface area (Å²) in [6.07, 6.45) is 0. The molecule has 1 heterocycles. The lowest BCUT2D eigenvalue weighted by atomic mass is 9.88. The minimum Gasteiger partial charge on any atom is -0.488 e. The second-order valence-corrected chi connectivity index (χ2v) is 6.07. The molecule has 2 aromatic carbocycles. The van der Waals surface area contributed by atoms with Gasteiger partial charge in [-0.1, -0.05) is 26.0 Å².